The number of rotatable bonds is 8. The Hall–Kier alpha value is -3.19. The van der Waals surface area contributed by atoms with Crippen LogP contribution in [0.4, 0.5) is 0 Å². The van der Waals surface area contributed by atoms with Crippen LogP contribution in [0.15, 0.2) is 51.8 Å². The van der Waals surface area contributed by atoms with Crippen molar-refractivity contribution in [2.45, 2.75) is 26.8 Å². The van der Waals surface area contributed by atoms with Gasteiger partial charge in [0.15, 0.2) is 5.43 Å². The van der Waals surface area contributed by atoms with Crippen molar-refractivity contribution in [2.75, 3.05) is 32.8 Å². The number of hydrogen-bond acceptors (Lipinski definition) is 6. The predicted molar refractivity (Wildman–Crippen MR) is 119 cm³/mol. The Morgan fingerprint density at radius 1 is 1.13 bits per heavy atom. The predicted octanol–water partition coefficient (Wildman–Crippen LogP) is 3.47. The minimum Gasteiger partial charge on any atom is -0.494 e. The molecule has 162 valence electrons. The van der Waals surface area contributed by atoms with E-state index in [2.05, 4.69) is 23.7 Å². The van der Waals surface area contributed by atoms with Gasteiger partial charge < -0.3 is 19.0 Å². The van der Waals surface area contributed by atoms with Crippen LogP contribution in [0.3, 0.4) is 0 Å². The number of hydrogen-bond donors (Lipinski definition) is 0. The smallest absolute Gasteiger partial charge is 0.291 e. The van der Waals surface area contributed by atoms with Gasteiger partial charge in [0.2, 0.25) is 5.76 Å². The lowest BCUT2D eigenvalue weighted by atomic mass is 10.0. The Labute approximate surface area is 181 Å². The third-order valence-electron chi connectivity index (χ3n) is 5.77. The van der Waals surface area contributed by atoms with Gasteiger partial charge in [-0.05, 0) is 44.3 Å². The summed E-state index contributed by atoms with van der Waals surface area (Å²) in [4.78, 5) is 35.3. The van der Waals surface area contributed by atoms with E-state index in [1.807, 2.05) is 25.1 Å². The van der Waals surface area contributed by atoms with E-state index in [1.54, 1.807) is 29.3 Å². The van der Waals surface area contributed by atoms with Crippen LogP contribution in [0, 0.1) is 0 Å². The van der Waals surface area contributed by atoms with Crippen LogP contribution in [-0.4, -0.2) is 53.5 Å². The van der Waals surface area contributed by atoms with Crippen molar-refractivity contribution in [3.8, 4) is 5.75 Å². The zero-order valence-corrected chi connectivity index (χ0v) is 18.1. The maximum atomic E-state index is 13.5. The molecule has 1 amide bonds. The highest BCUT2D eigenvalue weighted by Gasteiger charge is 2.43. The number of pyridine rings is 1. The minimum absolute atomic E-state index is 0.0985. The van der Waals surface area contributed by atoms with Crippen LogP contribution in [0.25, 0.3) is 11.0 Å². The molecular formula is C24H27N3O4. The molecular weight excluding hydrogens is 394 g/mol. The van der Waals surface area contributed by atoms with Crippen molar-refractivity contribution < 1.29 is 13.9 Å². The van der Waals surface area contributed by atoms with Crippen LogP contribution in [0.2, 0.25) is 0 Å². The summed E-state index contributed by atoms with van der Waals surface area (Å²) in [6, 6.07) is 10.1. The number of ether oxygens (including phenoxy) is 1. The number of amides is 1. The second kappa shape index (κ2) is 8.89. The fourth-order valence-corrected chi connectivity index (χ4v) is 4.12. The van der Waals surface area contributed by atoms with Gasteiger partial charge in [0, 0.05) is 25.4 Å². The first-order valence-electron chi connectivity index (χ1n) is 10.8. The molecule has 0 aliphatic carbocycles. The molecule has 31 heavy (non-hydrogen) atoms. The molecule has 2 aromatic heterocycles. The first kappa shape index (κ1) is 21.1. The van der Waals surface area contributed by atoms with E-state index in [-0.39, 0.29) is 17.1 Å². The molecule has 3 heterocycles. The topological polar surface area (TPSA) is 75.9 Å². The first-order valence-corrected chi connectivity index (χ1v) is 10.8. The van der Waals surface area contributed by atoms with Gasteiger partial charge in [0.1, 0.15) is 17.4 Å². The summed E-state index contributed by atoms with van der Waals surface area (Å²) in [6.07, 6.45) is 1.68. The summed E-state index contributed by atoms with van der Waals surface area (Å²) >= 11 is 0. The fraction of sp³-hybridized carbons (Fsp3) is 0.375. The third kappa shape index (κ3) is 3.81. The molecule has 0 spiro atoms. The molecule has 7 heteroatoms. The average molecular weight is 421 g/mol. The zero-order chi connectivity index (χ0) is 22.0. The van der Waals surface area contributed by atoms with E-state index in [9.17, 15) is 9.59 Å². The Bertz CT molecular complexity index is 1140. The Morgan fingerprint density at radius 2 is 1.94 bits per heavy atom. The van der Waals surface area contributed by atoms with Gasteiger partial charge in [-0.25, -0.2) is 0 Å². The highest BCUT2D eigenvalue weighted by atomic mass is 16.5. The fourth-order valence-electron chi connectivity index (χ4n) is 4.12. The summed E-state index contributed by atoms with van der Waals surface area (Å²) in [7, 11) is 0. The molecule has 0 fully saturated rings. The van der Waals surface area contributed by atoms with Gasteiger partial charge in [-0.3, -0.25) is 14.6 Å². The number of likely N-dealkylation sites (N-methyl/N-ethyl adjacent to an activating group) is 1. The maximum Gasteiger partial charge on any atom is 0.291 e. The van der Waals surface area contributed by atoms with Gasteiger partial charge in [-0.2, -0.15) is 0 Å². The second-order valence-electron chi connectivity index (χ2n) is 7.45. The molecule has 7 nitrogen and oxygen atoms in total. The number of carbonyl (C=O) groups is 1. The Kier molecular flexibility index (Phi) is 6.04. The van der Waals surface area contributed by atoms with Crippen molar-refractivity contribution in [2.24, 2.45) is 0 Å². The number of nitrogens with zero attached hydrogens (tertiary/aromatic N) is 3. The van der Waals surface area contributed by atoms with E-state index in [0.717, 1.165) is 13.1 Å². The number of aromatic nitrogens is 1. The summed E-state index contributed by atoms with van der Waals surface area (Å²) < 4.78 is 11.5. The van der Waals surface area contributed by atoms with Crippen molar-refractivity contribution in [3.63, 3.8) is 0 Å². The van der Waals surface area contributed by atoms with Crippen LogP contribution in [0.5, 0.6) is 5.75 Å². The lowest BCUT2D eigenvalue weighted by Gasteiger charge is -2.27. The summed E-state index contributed by atoms with van der Waals surface area (Å²) in [6.45, 7) is 9.53. The van der Waals surface area contributed by atoms with E-state index in [4.69, 9.17) is 9.15 Å². The lowest BCUT2D eigenvalue weighted by molar-refractivity contribution is 0.0705. The molecule has 4 rings (SSSR count). The average Bonchev–Trinajstić information content (AvgIpc) is 3.07. The highest BCUT2D eigenvalue weighted by molar-refractivity contribution is 5.99. The van der Waals surface area contributed by atoms with Gasteiger partial charge in [-0.15, -0.1) is 0 Å². The zero-order valence-electron chi connectivity index (χ0n) is 18.1. The van der Waals surface area contributed by atoms with Crippen LogP contribution < -0.4 is 10.2 Å². The molecule has 3 aromatic rings. The molecule has 0 saturated carbocycles. The molecule has 1 aromatic carbocycles. The quantitative estimate of drug-likeness (QED) is 0.554. The van der Waals surface area contributed by atoms with E-state index in [1.165, 1.54) is 0 Å². The monoisotopic (exact) mass is 421 g/mol. The third-order valence-corrected chi connectivity index (χ3v) is 5.77. The van der Waals surface area contributed by atoms with Crippen LogP contribution in [0.1, 0.15) is 48.6 Å². The van der Waals surface area contributed by atoms with E-state index in [0.29, 0.717) is 47.7 Å². The molecule has 0 radical (unpaired) electrons. The Morgan fingerprint density at radius 3 is 2.61 bits per heavy atom. The van der Waals surface area contributed by atoms with Crippen LogP contribution >= 0.6 is 0 Å². The highest BCUT2D eigenvalue weighted by Crippen LogP contribution is 2.37. The Balaban J connectivity index is 1.84. The largest absolute Gasteiger partial charge is 0.494 e. The molecule has 1 aliphatic heterocycles. The van der Waals surface area contributed by atoms with Gasteiger partial charge in [0.05, 0.1) is 23.3 Å². The molecule has 1 unspecified atom stereocenters. The second-order valence-corrected chi connectivity index (χ2v) is 7.45. The van der Waals surface area contributed by atoms with Crippen molar-refractivity contribution in [3.05, 3.63) is 69.8 Å². The summed E-state index contributed by atoms with van der Waals surface area (Å²) in [5, 5.41) is 0.432. The van der Waals surface area contributed by atoms with Gasteiger partial charge >= 0.3 is 0 Å². The summed E-state index contributed by atoms with van der Waals surface area (Å²) in [5.41, 5.74) is 1.17. The van der Waals surface area contributed by atoms with Crippen LogP contribution in [-0.2, 0) is 0 Å². The van der Waals surface area contributed by atoms with Crippen molar-refractivity contribution in [1.29, 1.82) is 0 Å². The van der Waals surface area contributed by atoms with E-state index < -0.39 is 6.04 Å². The molecule has 0 saturated heterocycles. The molecule has 0 N–H and O–H groups in total. The molecule has 1 atom stereocenters. The summed E-state index contributed by atoms with van der Waals surface area (Å²) in [5.74, 6) is 0.420. The van der Waals surface area contributed by atoms with Crippen molar-refractivity contribution >= 4 is 16.9 Å². The van der Waals surface area contributed by atoms with Crippen molar-refractivity contribution in [1.82, 2.24) is 14.8 Å². The molecule has 0 bridgehead atoms. The standard InChI is InChI=1S/C24H27N3O4/c1-4-26(5-2)13-14-27-21(18-9-7-8-12-25-18)20-22(28)17-11-10-16(30-6-3)15-19(17)31-23(20)24(27)29/h7-12,15,21H,4-6,13-14H2,1-3H3. The van der Waals surface area contributed by atoms with Gasteiger partial charge in [-0.1, -0.05) is 19.9 Å². The number of carbonyl (C=O) groups excluding carboxylic acids is 1. The van der Waals surface area contributed by atoms with E-state index >= 15 is 0 Å². The lowest BCUT2D eigenvalue weighted by Crippen LogP contribution is -2.38. The van der Waals surface area contributed by atoms with Gasteiger partial charge in [0.25, 0.3) is 5.91 Å². The first-order chi connectivity index (χ1) is 15.1. The number of benzene rings is 1. The molecule has 1 aliphatic rings. The SMILES string of the molecule is CCOc1ccc2c(=O)c3c(oc2c1)C(=O)N(CCN(CC)CC)C3c1ccccn1. The number of fused-ring (bicyclic) bond motifs is 2. The normalized spacial score (nSPS) is 15.7. The maximum absolute atomic E-state index is 13.5. The minimum atomic E-state index is -0.563.